The molecular formula is C10H24N2O. The molecule has 3 heteroatoms. The van der Waals surface area contributed by atoms with Crippen LogP contribution in [-0.4, -0.2) is 39.4 Å². The minimum Gasteiger partial charge on any atom is -0.380 e. The van der Waals surface area contributed by atoms with E-state index < -0.39 is 0 Å². The monoisotopic (exact) mass is 188 g/mol. The van der Waals surface area contributed by atoms with E-state index >= 15 is 0 Å². The van der Waals surface area contributed by atoms with Gasteiger partial charge in [0, 0.05) is 26.2 Å². The molecule has 0 fully saturated rings. The van der Waals surface area contributed by atoms with Crippen molar-refractivity contribution in [2.24, 2.45) is 0 Å². The maximum Gasteiger partial charge on any atom is 0.0693 e. The summed E-state index contributed by atoms with van der Waals surface area (Å²) in [5.41, 5.74) is 0. The molecule has 13 heavy (non-hydrogen) atoms. The van der Waals surface area contributed by atoms with Gasteiger partial charge in [0.15, 0.2) is 0 Å². The van der Waals surface area contributed by atoms with Crippen LogP contribution in [0.25, 0.3) is 0 Å². The van der Waals surface area contributed by atoms with E-state index in [1.54, 1.807) is 7.11 Å². The first-order valence-corrected chi connectivity index (χ1v) is 5.19. The lowest BCUT2D eigenvalue weighted by Gasteiger charge is -2.20. The predicted octanol–water partition coefficient (Wildman–Crippen LogP) is 0.999. The van der Waals surface area contributed by atoms with Crippen molar-refractivity contribution in [3.63, 3.8) is 0 Å². The second-order valence-corrected chi connectivity index (χ2v) is 3.34. The first kappa shape index (κ1) is 12.9. The average Bonchev–Trinajstić information content (AvgIpc) is 2.17. The van der Waals surface area contributed by atoms with Gasteiger partial charge in [-0.15, -0.1) is 0 Å². The van der Waals surface area contributed by atoms with E-state index in [1.807, 2.05) is 7.05 Å². The van der Waals surface area contributed by atoms with E-state index in [1.165, 1.54) is 0 Å². The molecule has 0 aliphatic rings. The quantitative estimate of drug-likeness (QED) is 0.596. The molecule has 0 saturated heterocycles. The van der Waals surface area contributed by atoms with Crippen LogP contribution in [0.3, 0.4) is 0 Å². The van der Waals surface area contributed by atoms with Gasteiger partial charge in [0.25, 0.3) is 0 Å². The summed E-state index contributed by atoms with van der Waals surface area (Å²) in [6.45, 7) is 6.32. The van der Waals surface area contributed by atoms with Crippen molar-refractivity contribution < 1.29 is 4.74 Å². The molecule has 0 aliphatic carbocycles. The number of rotatable bonds is 8. The zero-order valence-corrected chi connectivity index (χ0v) is 9.39. The standard InChI is InChI=1S/C10H24N2O/c1-5-9(7-11-3)12-8-10(6-2)13-4/h9-12H,5-8H2,1-4H3/t9?,10-/m1/s1. The Labute approximate surface area is 82.2 Å². The SMILES string of the molecule is CCC(CNC)NC[C@@H](CC)OC. The van der Waals surface area contributed by atoms with E-state index in [9.17, 15) is 0 Å². The molecular weight excluding hydrogens is 164 g/mol. The molecule has 2 N–H and O–H groups in total. The minimum absolute atomic E-state index is 0.353. The number of likely N-dealkylation sites (N-methyl/N-ethyl adjacent to an activating group) is 1. The molecule has 0 spiro atoms. The van der Waals surface area contributed by atoms with Crippen molar-refractivity contribution >= 4 is 0 Å². The minimum atomic E-state index is 0.353. The molecule has 1 unspecified atom stereocenters. The second-order valence-electron chi connectivity index (χ2n) is 3.34. The van der Waals surface area contributed by atoms with Crippen LogP contribution in [0, 0.1) is 0 Å². The van der Waals surface area contributed by atoms with Gasteiger partial charge in [-0.3, -0.25) is 0 Å². The highest BCUT2D eigenvalue weighted by molar-refractivity contribution is 4.69. The van der Waals surface area contributed by atoms with Gasteiger partial charge in [-0.05, 0) is 19.9 Å². The Hall–Kier alpha value is -0.120. The largest absolute Gasteiger partial charge is 0.380 e. The Morgan fingerprint density at radius 1 is 1.15 bits per heavy atom. The summed E-state index contributed by atoms with van der Waals surface area (Å²) in [6.07, 6.45) is 2.58. The Balaban J connectivity index is 3.56. The van der Waals surface area contributed by atoms with Crippen molar-refractivity contribution in [1.29, 1.82) is 0 Å². The first-order chi connectivity index (χ1) is 6.28. The van der Waals surface area contributed by atoms with Crippen molar-refractivity contribution in [2.45, 2.75) is 38.8 Å². The fourth-order valence-corrected chi connectivity index (χ4v) is 1.30. The van der Waals surface area contributed by atoms with Crippen molar-refractivity contribution in [2.75, 3.05) is 27.2 Å². The third kappa shape index (κ3) is 6.02. The van der Waals surface area contributed by atoms with Crippen LogP contribution < -0.4 is 10.6 Å². The first-order valence-electron chi connectivity index (χ1n) is 5.19. The van der Waals surface area contributed by atoms with Crippen LogP contribution in [0.4, 0.5) is 0 Å². The second kappa shape index (κ2) is 8.48. The smallest absolute Gasteiger partial charge is 0.0693 e. The molecule has 3 nitrogen and oxygen atoms in total. The molecule has 0 aliphatic heterocycles. The van der Waals surface area contributed by atoms with E-state index in [-0.39, 0.29) is 0 Å². The zero-order valence-electron chi connectivity index (χ0n) is 9.39. The molecule has 0 saturated carbocycles. The summed E-state index contributed by atoms with van der Waals surface area (Å²) >= 11 is 0. The fourth-order valence-electron chi connectivity index (χ4n) is 1.30. The van der Waals surface area contributed by atoms with Crippen molar-refractivity contribution in [1.82, 2.24) is 10.6 Å². The predicted molar refractivity (Wildman–Crippen MR) is 57.1 cm³/mol. The molecule has 0 amide bonds. The Morgan fingerprint density at radius 2 is 1.85 bits per heavy atom. The van der Waals surface area contributed by atoms with E-state index in [2.05, 4.69) is 24.5 Å². The summed E-state index contributed by atoms with van der Waals surface area (Å²) in [6, 6.07) is 0.564. The van der Waals surface area contributed by atoms with E-state index in [0.717, 1.165) is 25.9 Å². The average molecular weight is 188 g/mol. The highest BCUT2D eigenvalue weighted by Crippen LogP contribution is 1.96. The number of methoxy groups -OCH3 is 1. The lowest BCUT2D eigenvalue weighted by atomic mass is 10.2. The molecule has 0 rings (SSSR count). The maximum absolute atomic E-state index is 5.29. The molecule has 0 aromatic heterocycles. The lowest BCUT2D eigenvalue weighted by Crippen LogP contribution is -2.41. The van der Waals surface area contributed by atoms with Gasteiger partial charge in [-0.25, -0.2) is 0 Å². The lowest BCUT2D eigenvalue weighted by molar-refractivity contribution is 0.0957. The molecule has 80 valence electrons. The van der Waals surface area contributed by atoms with Crippen LogP contribution in [0.5, 0.6) is 0 Å². The van der Waals surface area contributed by atoms with Gasteiger partial charge >= 0.3 is 0 Å². The van der Waals surface area contributed by atoms with E-state index in [4.69, 9.17) is 4.74 Å². The topological polar surface area (TPSA) is 33.3 Å². The summed E-state index contributed by atoms with van der Waals surface area (Å²) < 4.78 is 5.29. The van der Waals surface area contributed by atoms with Crippen LogP contribution in [0.15, 0.2) is 0 Å². The highest BCUT2D eigenvalue weighted by Gasteiger charge is 2.08. The number of hydrogen-bond donors (Lipinski definition) is 2. The molecule has 0 bridgehead atoms. The molecule has 0 heterocycles. The van der Waals surface area contributed by atoms with Crippen molar-refractivity contribution in [3.05, 3.63) is 0 Å². The van der Waals surface area contributed by atoms with Crippen LogP contribution in [-0.2, 0) is 4.74 Å². The molecule has 2 atom stereocenters. The van der Waals surface area contributed by atoms with E-state index in [0.29, 0.717) is 12.1 Å². The van der Waals surface area contributed by atoms with Gasteiger partial charge in [0.2, 0.25) is 0 Å². The third-order valence-electron chi connectivity index (χ3n) is 2.37. The summed E-state index contributed by atoms with van der Waals surface area (Å²) in [5, 5.41) is 6.66. The summed E-state index contributed by atoms with van der Waals surface area (Å²) in [4.78, 5) is 0. The van der Waals surface area contributed by atoms with Crippen LogP contribution >= 0.6 is 0 Å². The zero-order chi connectivity index (χ0) is 10.1. The van der Waals surface area contributed by atoms with Crippen molar-refractivity contribution in [3.8, 4) is 0 Å². The number of hydrogen-bond acceptors (Lipinski definition) is 3. The Bertz CT molecular complexity index is 105. The Morgan fingerprint density at radius 3 is 2.23 bits per heavy atom. The number of ether oxygens (including phenoxy) is 1. The third-order valence-corrected chi connectivity index (χ3v) is 2.37. The van der Waals surface area contributed by atoms with Gasteiger partial charge in [0.05, 0.1) is 6.10 Å². The summed E-state index contributed by atoms with van der Waals surface area (Å²) in [5.74, 6) is 0. The van der Waals surface area contributed by atoms with Gasteiger partial charge in [-0.1, -0.05) is 13.8 Å². The van der Waals surface area contributed by atoms with Crippen LogP contribution in [0.1, 0.15) is 26.7 Å². The Kier molecular flexibility index (Phi) is 8.40. The number of nitrogens with one attached hydrogen (secondary N) is 2. The molecule has 0 radical (unpaired) electrons. The van der Waals surface area contributed by atoms with Gasteiger partial charge in [0.1, 0.15) is 0 Å². The normalized spacial score (nSPS) is 15.7. The highest BCUT2D eigenvalue weighted by atomic mass is 16.5. The maximum atomic E-state index is 5.29. The fraction of sp³-hybridized carbons (Fsp3) is 1.00. The van der Waals surface area contributed by atoms with Crippen LogP contribution in [0.2, 0.25) is 0 Å². The van der Waals surface area contributed by atoms with Gasteiger partial charge in [-0.2, -0.15) is 0 Å². The molecule has 0 aromatic carbocycles. The summed E-state index contributed by atoms with van der Waals surface area (Å²) in [7, 11) is 3.76. The van der Waals surface area contributed by atoms with Gasteiger partial charge < -0.3 is 15.4 Å². The molecule has 0 aromatic rings.